The van der Waals surface area contributed by atoms with Gasteiger partial charge in [0.1, 0.15) is 13.2 Å². The Labute approximate surface area is 428 Å². The molecule has 0 N–H and O–H groups in total. The van der Waals surface area contributed by atoms with Gasteiger partial charge in [0.15, 0.2) is 6.10 Å². The maximum absolute atomic E-state index is 12.9. The lowest BCUT2D eigenvalue weighted by Gasteiger charge is -2.18. The third kappa shape index (κ3) is 56.2. The molecule has 6 nitrogen and oxygen atoms in total. The third-order valence-corrected chi connectivity index (χ3v) is 13.3. The SMILES string of the molecule is CCCCC/C=C\C/C=C\CCCCCCCCCC(=O)OC(COC(=O)CCCCCCCCCCCCC)COC(=O)CCCCCCCCCCCCC/C=C\C/C=C\CCCCCCC. The number of hydrogen-bond donors (Lipinski definition) is 0. The molecule has 0 fully saturated rings. The van der Waals surface area contributed by atoms with Crippen molar-refractivity contribution < 1.29 is 28.6 Å². The van der Waals surface area contributed by atoms with Gasteiger partial charge in [0.25, 0.3) is 0 Å². The van der Waals surface area contributed by atoms with Gasteiger partial charge in [-0.1, -0.05) is 262 Å². The smallest absolute Gasteiger partial charge is 0.306 e. The van der Waals surface area contributed by atoms with E-state index in [1.807, 2.05) is 0 Å². The van der Waals surface area contributed by atoms with E-state index in [2.05, 4.69) is 69.4 Å². The lowest BCUT2D eigenvalue weighted by atomic mass is 10.0. The molecular formula is C63H114O6. The third-order valence-electron chi connectivity index (χ3n) is 13.3. The Morgan fingerprint density at radius 1 is 0.290 bits per heavy atom. The number of unbranched alkanes of at least 4 members (excludes halogenated alkanes) is 36. The standard InChI is InChI=1S/C63H114O6/c1-4-7-10-13-16-19-22-24-26-28-29-30-31-32-33-35-36-38-41-44-47-50-53-56-62(65)68-59-60(58-67-61(64)55-52-49-46-43-40-21-18-15-12-9-6-3)69-63(66)57-54-51-48-45-42-39-37-34-27-25-23-20-17-14-11-8-5-2/h17,20,22,24-25,27-29,60H,4-16,18-19,21,23,26,30-59H2,1-3H3/b20-17-,24-22-,27-25-,29-28-. The van der Waals surface area contributed by atoms with Crippen molar-refractivity contribution >= 4 is 17.9 Å². The monoisotopic (exact) mass is 967 g/mol. The van der Waals surface area contributed by atoms with E-state index in [0.717, 1.165) is 77.0 Å². The van der Waals surface area contributed by atoms with Gasteiger partial charge in [-0.05, 0) is 83.5 Å². The predicted molar refractivity (Wildman–Crippen MR) is 298 cm³/mol. The molecule has 0 aromatic rings. The highest BCUT2D eigenvalue weighted by atomic mass is 16.6. The maximum atomic E-state index is 12.9. The van der Waals surface area contributed by atoms with Crippen LogP contribution in [0.25, 0.3) is 0 Å². The molecule has 69 heavy (non-hydrogen) atoms. The zero-order chi connectivity index (χ0) is 50.0. The number of rotatable bonds is 55. The van der Waals surface area contributed by atoms with Crippen molar-refractivity contribution in [1.29, 1.82) is 0 Å². The summed E-state index contributed by atoms with van der Waals surface area (Å²) in [6, 6.07) is 0. The maximum Gasteiger partial charge on any atom is 0.306 e. The first-order valence-corrected chi connectivity index (χ1v) is 30.1. The summed E-state index contributed by atoms with van der Waals surface area (Å²) in [6.45, 7) is 6.62. The molecule has 1 atom stereocenters. The number of carbonyl (C=O) groups is 3. The zero-order valence-corrected chi connectivity index (χ0v) is 46.1. The fourth-order valence-electron chi connectivity index (χ4n) is 8.74. The average Bonchev–Trinajstić information content (AvgIpc) is 3.35. The van der Waals surface area contributed by atoms with Crippen LogP contribution in [0.1, 0.15) is 316 Å². The highest BCUT2D eigenvalue weighted by molar-refractivity contribution is 5.71. The molecular weight excluding hydrogens is 853 g/mol. The molecule has 0 aromatic heterocycles. The minimum atomic E-state index is -0.775. The second-order valence-corrected chi connectivity index (χ2v) is 20.3. The number of esters is 3. The van der Waals surface area contributed by atoms with Crippen molar-refractivity contribution in [3.8, 4) is 0 Å². The number of carbonyl (C=O) groups excluding carboxylic acids is 3. The second kappa shape index (κ2) is 57.9. The quantitative estimate of drug-likeness (QED) is 0.0262. The van der Waals surface area contributed by atoms with Gasteiger partial charge in [0.2, 0.25) is 0 Å². The number of hydrogen-bond acceptors (Lipinski definition) is 6. The first-order valence-electron chi connectivity index (χ1n) is 30.1. The Kier molecular flexibility index (Phi) is 55.7. The Bertz CT molecular complexity index is 1200. The molecule has 0 aliphatic heterocycles. The van der Waals surface area contributed by atoms with Crippen LogP contribution in [0.3, 0.4) is 0 Å². The summed E-state index contributed by atoms with van der Waals surface area (Å²) in [6.07, 6.45) is 71.0. The van der Waals surface area contributed by atoms with Crippen LogP contribution in [-0.4, -0.2) is 37.2 Å². The highest BCUT2D eigenvalue weighted by Gasteiger charge is 2.19. The summed E-state index contributed by atoms with van der Waals surface area (Å²) >= 11 is 0. The van der Waals surface area contributed by atoms with Crippen molar-refractivity contribution in [2.75, 3.05) is 13.2 Å². The molecule has 0 aliphatic carbocycles. The molecule has 0 saturated carbocycles. The fourth-order valence-corrected chi connectivity index (χ4v) is 8.74. The van der Waals surface area contributed by atoms with Crippen LogP contribution in [0, 0.1) is 0 Å². The van der Waals surface area contributed by atoms with Crippen LogP contribution in [0.15, 0.2) is 48.6 Å². The van der Waals surface area contributed by atoms with Crippen molar-refractivity contribution in [2.24, 2.45) is 0 Å². The van der Waals surface area contributed by atoms with E-state index in [4.69, 9.17) is 14.2 Å². The molecule has 6 heteroatoms. The minimum Gasteiger partial charge on any atom is -0.462 e. The van der Waals surface area contributed by atoms with E-state index in [1.165, 1.54) is 199 Å². The Morgan fingerprint density at radius 3 is 0.826 bits per heavy atom. The van der Waals surface area contributed by atoms with E-state index >= 15 is 0 Å². The van der Waals surface area contributed by atoms with Crippen LogP contribution in [0.2, 0.25) is 0 Å². The van der Waals surface area contributed by atoms with Gasteiger partial charge in [0, 0.05) is 19.3 Å². The van der Waals surface area contributed by atoms with Crippen LogP contribution >= 0.6 is 0 Å². The molecule has 0 spiro atoms. The van der Waals surface area contributed by atoms with Gasteiger partial charge in [-0.15, -0.1) is 0 Å². The summed E-state index contributed by atoms with van der Waals surface area (Å²) in [5.74, 6) is -0.869. The second-order valence-electron chi connectivity index (χ2n) is 20.3. The number of allylic oxidation sites excluding steroid dienone is 8. The van der Waals surface area contributed by atoms with Crippen molar-refractivity contribution in [1.82, 2.24) is 0 Å². The van der Waals surface area contributed by atoms with Crippen LogP contribution < -0.4 is 0 Å². The summed E-state index contributed by atoms with van der Waals surface area (Å²) < 4.78 is 16.9. The van der Waals surface area contributed by atoms with Crippen LogP contribution in [0.5, 0.6) is 0 Å². The normalized spacial score (nSPS) is 12.3. The van der Waals surface area contributed by atoms with E-state index < -0.39 is 6.10 Å². The predicted octanol–water partition coefficient (Wildman–Crippen LogP) is 20.2. The molecule has 0 saturated heterocycles. The Morgan fingerprint density at radius 2 is 0.522 bits per heavy atom. The first-order chi connectivity index (χ1) is 34.0. The lowest BCUT2D eigenvalue weighted by molar-refractivity contribution is -0.167. The first kappa shape index (κ1) is 66.4. The summed E-state index contributed by atoms with van der Waals surface area (Å²) in [5, 5.41) is 0. The Balaban J connectivity index is 4.27. The van der Waals surface area contributed by atoms with E-state index in [-0.39, 0.29) is 31.1 Å². The average molecular weight is 968 g/mol. The van der Waals surface area contributed by atoms with Gasteiger partial charge in [0.05, 0.1) is 0 Å². The molecule has 0 heterocycles. The molecule has 0 aliphatic rings. The van der Waals surface area contributed by atoms with E-state index in [1.54, 1.807) is 0 Å². The van der Waals surface area contributed by atoms with Crippen molar-refractivity contribution in [2.45, 2.75) is 322 Å². The molecule has 0 rings (SSSR count). The molecule has 0 radical (unpaired) electrons. The largest absolute Gasteiger partial charge is 0.462 e. The summed E-state index contributed by atoms with van der Waals surface area (Å²) in [4.78, 5) is 38.2. The van der Waals surface area contributed by atoms with Gasteiger partial charge >= 0.3 is 17.9 Å². The van der Waals surface area contributed by atoms with E-state index in [9.17, 15) is 14.4 Å². The van der Waals surface area contributed by atoms with E-state index in [0.29, 0.717) is 19.3 Å². The molecule has 1 unspecified atom stereocenters. The Hall–Kier alpha value is -2.63. The molecule has 0 aromatic carbocycles. The van der Waals surface area contributed by atoms with Crippen molar-refractivity contribution in [3.05, 3.63) is 48.6 Å². The molecule has 402 valence electrons. The van der Waals surface area contributed by atoms with Crippen molar-refractivity contribution in [3.63, 3.8) is 0 Å². The topological polar surface area (TPSA) is 78.9 Å². The number of ether oxygens (including phenoxy) is 3. The highest BCUT2D eigenvalue weighted by Crippen LogP contribution is 2.16. The molecule has 0 amide bonds. The fraction of sp³-hybridized carbons (Fsp3) is 0.825. The van der Waals surface area contributed by atoms with Gasteiger partial charge in [-0.2, -0.15) is 0 Å². The van der Waals surface area contributed by atoms with Gasteiger partial charge in [-0.3, -0.25) is 14.4 Å². The van der Waals surface area contributed by atoms with Crippen LogP contribution in [-0.2, 0) is 28.6 Å². The summed E-state index contributed by atoms with van der Waals surface area (Å²) in [5.41, 5.74) is 0. The molecule has 0 bridgehead atoms. The lowest BCUT2D eigenvalue weighted by Crippen LogP contribution is -2.30. The van der Waals surface area contributed by atoms with Gasteiger partial charge < -0.3 is 14.2 Å². The summed E-state index contributed by atoms with van der Waals surface area (Å²) in [7, 11) is 0. The minimum absolute atomic E-state index is 0.0738. The van der Waals surface area contributed by atoms with Gasteiger partial charge in [-0.25, -0.2) is 0 Å². The zero-order valence-electron chi connectivity index (χ0n) is 46.1. The van der Waals surface area contributed by atoms with Crippen LogP contribution in [0.4, 0.5) is 0 Å².